The van der Waals surface area contributed by atoms with Gasteiger partial charge in [-0.15, -0.1) is 0 Å². The molecule has 0 aromatic heterocycles. The maximum Gasteiger partial charge on any atom is 0.0651 e. The first-order valence-electron chi connectivity index (χ1n) is 13.5. The van der Waals surface area contributed by atoms with Crippen molar-refractivity contribution in [3.8, 4) is 6.07 Å². The first-order chi connectivity index (χ1) is 16.1. The molecular weight excluding hydrogens is 418 g/mol. The summed E-state index contributed by atoms with van der Waals surface area (Å²) in [5, 5.41) is 19.1. The normalized spacial score (nSPS) is 34.4. The fourth-order valence-corrected chi connectivity index (χ4v) is 6.65. The monoisotopic (exact) mass is 465 g/mol. The van der Waals surface area contributed by atoms with Crippen molar-refractivity contribution in [2.75, 3.05) is 6.61 Å². The summed E-state index contributed by atoms with van der Waals surface area (Å²) in [6.45, 7) is 15.7. The summed E-state index contributed by atoms with van der Waals surface area (Å²) >= 11 is 0. The van der Waals surface area contributed by atoms with Gasteiger partial charge in [0.1, 0.15) is 0 Å². The van der Waals surface area contributed by atoms with Crippen LogP contribution in [0.5, 0.6) is 0 Å². The summed E-state index contributed by atoms with van der Waals surface area (Å²) in [5.41, 5.74) is 3.90. The van der Waals surface area contributed by atoms with Crippen LogP contribution in [0.15, 0.2) is 47.6 Å². The van der Waals surface area contributed by atoms with Gasteiger partial charge in [0.15, 0.2) is 0 Å². The lowest BCUT2D eigenvalue weighted by Crippen LogP contribution is -2.35. The zero-order valence-corrected chi connectivity index (χ0v) is 22.3. The van der Waals surface area contributed by atoms with Crippen molar-refractivity contribution >= 4 is 0 Å². The van der Waals surface area contributed by atoms with Crippen LogP contribution >= 0.6 is 0 Å². The summed E-state index contributed by atoms with van der Waals surface area (Å²) in [6.07, 6.45) is 19.4. The molecule has 0 heterocycles. The molecule has 3 nitrogen and oxygen atoms in total. The molecule has 0 aliphatic heterocycles. The van der Waals surface area contributed by atoms with Crippen molar-refractivity contribution < 1.29 is 9.84 Å². The topological polar surface area (TPSA) is 53.2 Å². The van der Waals surface area contributed by atoms with Crippen LogP contribution in [-0.4, -0.2) is 23.4 Å². The van der Waals surface area contributed by atoms with Crippen molar-refractivity contribution in [1.82, 2.24) is 0 Å². The van der Waals surface area contributed by atoms with Gasteiger partial charge in [-0.1, -0.05) is 62.8 Å². The summed E-state index contributed by atoms with van der Waals surface area (Å²) in [7, 11) is 0. The van der Waals surface area contributed by atoms with Crippen molar-refractivity contribution in [3.05, 3.63) is 47.6 Å². The Labute approximate surface area is 208 Å². The first-order valence-corrected chi connectivity index (χ1v) is 13.5. The molecule has 0 amide bonds. The molecule has 188 valence electrons. The van der Waals surface area contributed by atoms with E-state index in [2.05, 4.69) is 57.7 Å². The van der Waals surface area contributed by atoms with Gasteiger partial charge >= 0.3 is 0 Å². The third-order valence-corrected chi connectivity index (χ3v) is 9.23. The van der Waals surface area contributed by atoms with Gasteiger partial charge in [-0.2, -0.15) is 5.26 Å². The van der Waals surface area contributed by atoms with Gasteiger partial charge in [0.2, 0.25) is 0 Å². The quantitative estimate of drug-likeness (QED) is 0.295. The van der Waals surface area contributed by atoms with E-state index in [1.165, 1.54) is 43.3 Å². The molecule has 1 N–H and O–H groups in total. The average Bonchev–Trinajstić information content (AvgIpc) is 3.14. The zero-order chi connectivity index (χ0) is 24.9. The molecule has 0 bridgehead atoms. The van der Waals surface area contributed by atoms with Crippen LogP contribution < -0.4 is 0 Å². The highest BCUT2D eigenvalue weighted by atomic mass is 16.5. The van der Waals surface area contributed by atoms with Gasteiger partial charge in [-0.3, -0.25) is 0 Å². The third-order valence-electron chi connectivity index (χ3n) is 9.23. The molecule has 3 fully saturated rings. The Morgan fingerprint density at radius 1 is 1.21 bits per heavy atom. The highest BCUT2D eigenvalue weighted by Crippen LogP contribution is 2.59. The summed E-state index contributed by atoms with van der Waals surface area (Å²) < 4.78 is 5.93. The zero-order valence-electron chi connectivity index (χ0n) is 22.3. The Balaban J connectivity index is 1.70. The molecule has 0 unspecified atom stereocenters. The van der Waals surface area contributed by atoms with Gasteiger partial charge in [0.05, 0.1) is 30.8 Å². The third kappa shape index (κ3) is 6.32. The Kier molecular flexibility index (Phi) is 9.04. The number of ether oxygens (including phenoxy) is 1. The number of hydrogen-bond acceptors (Lipinski definition) is 3. The van der Waals surface area contributed by atoms with Gasteiger partial charge in [0, 0.05) is 5.92 Å². The van der Waals surface area contributed by atoms with Crippen LogP contribution in [0.4, 0.5) is 0 Å². The second-order valence-corrected chi connectivity index (χ2v) is 12.0. The standard InChI is InChI=1S/C31H47NO2/c1-22-11-15-27(34-20-8-19-32)21-26(22)14-13-25-9-7-18-31(6)28(16-17-29(25)31)23(2)10-12-24(3)30(4,5)33/h10,12-14,23-24,27-29,33H,1,7-9,11,15-18,20-21H2,2-6H3/b12-10+,25-13+,26-14-/t23-,24+,27+,28-,29+,31-/m1/s1. The van der Waals surface area contributed by atoms with Crippen molar-refractivity contribution in [2.24, 2.45) is 29.1 Å². The second-order valence-electron chi connectivity index (χ2n) is 12.0. The number of nitriles is 1. The number of nitrogens with zero attached hydrogens (tertiary/aromatic N) is 1. The molecule has 3 aliphatic carbocycles. The van der Waals surface area contributed by atoms with E-state index in [1.807, 2.05) is 13.8 Å². The van der Waals surface area contributed by atoms with E-state index in [4.69, 9.17) is 10.00 Å². The van der Waals surface area contributed by atoms with Crippen molar-refractivity contribution in [2.45, 2.75) is 104 Å². The molecule has 0 aromatic carbocycles. The van der Waals surface area contributed by atoms with E-state index >= 15 is 0 Å². The van der Waals surface area contributed by atoms with Crippen molar-refractivity contribution in [1.29, 1.82) is 5.26 Å². The molecular formula is C31H47NO2. The molecule has 6 atom stereocenters. The van der Waals surface area contributed by atoms with Gasteiger partial charge in [-0.05, 0) is 94.0 Å². The molecule has 3 aliphatic rings. The van der Waals surface area contributed by atoms with E-state index in [1.54, 1.807) is 5.57 Å². The molecule has 0 radical (unpaired) electrons. The molecule has 3 saturated carbocycles. The Morgan fingerprint density at radius 3 is 2.68 bits per heavy atom. The lowest BCUT2D eigenvalue weighted by Gasteiger charge is -2.44. The Hall–Kier alpha value is -1.63. The predicted octanol–water partition coefficient (Wildman–Crippen LogP) is 7.69. The van der Waals surface area contributed by atoms with Gasteiger partial charge < -0.3 is 9.84 Å². The fraction of sp³-hybridized carbons (Fsp3) is 0.710. The maximum atomic E-state index is 10.3. The molecule has 0 spiro atoms. The van der Waals surface area contributed by atoms with Crippen LogP contribution in [0.1, 0.15) is 92.4 Å². The minimum Gasteiger partial charge on any atom is -0.390 e. The first kappa shape index (κ1) is 27.0. The van der Waals surface area contributed by atoms with Crippen LogP contribution in [0, 0.1) is 40.4 Å². The molecule has 0 saturated heterocycles. The number of aliphatic hydroxyl groups is 1. The average molecular weight is 466 g/mol. The van der Waals surface area contributed by atoms with Crippen LogP contribution in [0.3, 0.4) is 0 Å². The number of rotatable bonds is 8. The minimum absolute atomic E-state index is 0.157. The predicted molar refractivity (Wildman–Crippen MR) is 141 cm³/mol. The van der Waals surface area contributed by atoms with E-state index in [0.717, 1.165) is 19.3 Å². The van der Waals surface area contributed by atoms with E-state index in [9.17, 15) is 5.11 Å². The Morgan fingerprint density at radius 2 is 1.97 bits per heavy atom. The summed E-state index contributed by atoms with van der Waals surface area (Å²) in [5.74, 6) is 2.05. The Bertz CT molecular complexity index is 852. The van der Waals surface area contributed by atoms with E-state index in [0.29, 0.717) is 36.2 Å². The second kappa shape index (κ2) is 11.4. The number of fused-ring (bicyclic) bond motifs is 1. The lowest BCUT2D eigenvalue weighted by atomic mass is 9.61. The number of hydrogen-bond donors (Lipinski definition) is 1. The van der Waals surface area contributed by atoms with E-state index in [-0.39, 0.29) is 12.0 Å². The lowest BCUT2D eigenvalue weighted by molar-refractivity contribution is 0.0436. The summed E-state index contributed by atoms with van der Waals surface area (Å²) in [6, 6.07) is 2.17. The SMILES string of the molecule is C=C1CC[C@H](OCCC#N)C/C1=C/C=C1\CCC[C@]2(C)[C@@H]([C@H](C)/C=C/[C@H](C)C(C)(C)O)CC[C@@H]12. The van der Waals surface area contributed by atoms with Crippen LogP contribution in [-0.2, 0) is 4.74 Å². The minimum atomic E-state index is -0.671. The van der Waals surface area contributed by atoms with Crippen molar-refractivity contribution in [3.63, 3.8) is 0 Å². The molecule has 0 aromatic rings. The summed E-state index contributed by atoms with van der Waals surface area (Å²) in [4.78, 5) is 0. The fourth-order valence-electron chi connectivity index (χ4n) is 6.65. The molecule has 34 heavy (non-hydrogen) atoms. The van der Waals surface area contributed by atoms with Crippen LogP contribution in [0.2, 0.25) is 0 Å². The highest BCUT2D eigenvalue weighted by Gasteiger charge is 2.50. The maximum absolute atomic E-state index is 10.3. The van der Waals surface area contributed by atoms with Crippen LogP contribution in [0.25, 0.3) is 0 Å². The largest absolute Gasteiger partial charge is 0.390 e. The van der Waals surface area contributed by atoms with Gasteiger partial charge in [-0.25, -0.2) is 0 Å². The van der Waals surface area contributed by atoms with E-state index < -0.39 is 5.60 Å². The number of allylic oxidation sites excluding steroid dienone is 5. The van der Waals surface area contributed by atoms with Gasteiger partial charge in [0.25, 0.3) is 0 Å². The molecule has 3 heteroatoms. The molecule has 3 rings (SSSR count). The highest BCUT2D eigenvalue weighted by molar-refractivity contribution is 5.36. The smallest absolute Gasteiger partial charge is 0.0651 e.